The first-order valence-electron chi connectivity index (χ1n) is 6.35. The molecule has 0 saturated carbocycles. The lowest BCUT2D eigenvalue weighted by Gasteiger charge is -2.14. The van der Waals surface area contributed by atoms with Crippen LogP contribution >= 0.6 is 11.8 Å². The lowest BCUT2D eigenvalue weighted by molar-refractivity contribution is 0.539. The molecule has 0 bridgehead atoms. The standard InChI is InChI=1S/C13H21FN2O2S2/c1-10(6-7-19-3)16-20(17,18)13-8-11(9-15-2)4-5-12(13)14/h4-5,8,10,15-16H,6-7,9H2,1-3H3. The van der Waals surface area contributed by atoms with Crippen LogP contribution in [0.5, 0.6) is 0 Å². The van der Waals surface area contributed by atoms with E-state index in [1.165, 1.54) is 12.1 Å². The first kappa shape index (κ1) is 17.4. The molecule has 4 nitrogen and oxygen atoms in total. The van der Waals surface area contributed by atoms with Gasteiger partial charge in [0.25, 0.3) is 0 Å². The summed E-state index contributed by atoms with van der Waals surface area (Å²) in [6.45, 7) is 2.27. The lowest BCUT2D eigenvalue weighted by atomic mass is 10.2. The highest BCUT2D eigenvalue weighted by atomic mass is 32.2. The zero-order valence-electron chi connectivity index (χ0n) is 11.9. The van der Waals surface area contributed by atoms with E-state index in [1.807, 2.05) is 6.26 Å². The summed E-state index contributed by atoms with van der Waals surface area (Å²) in [4.78, 5) is -0.291. The second-order valence-electron chi connectivity index (χ2n) is 4.60. The van der Waals surface area contributed by atoms with E-state index in [0.29, 0.717) is 13.0 Å². The highest BCUT2D eigenvalue weighted by molar-refractivity contribution is 7.98. The van der Waals surface area contributed by atoms with Crippen LogP contribution in [0.2, 0.25) is 0 Å². The Balaban J connectivity index is 2.93. The maximum absolute atomic E-state index is 13.8. The Bertz CT molecular complexity index is 535. The molecule has 0 heterocycles. The van der Waals surface area contributed by atoms with Gasteiger partial charge in [-0.15, -0.1) is 0 Å². The van der Waals surface area contributed by atoms with E-state index in [9.17, 15) is 12.8 Å². The maximum Gasteiger partial charge on any atom is 0.243 e. The molecule has 0 aliphatic heterocycles. The van der Waals surface area contributed by atoms with Gasteiger partial charge >= 0.3 is 0 Å². The molecule has 114 valence electrons. The van der Waals surface area contributed by atoms with Gasteiger partial charge in [0.2, 0.25) is 10.0 Å². The Morgan fingerprint density at radius 2 is 2.10 bits per heavy atom. The van der Waals surface area contributed by atoms with Gasteiger partial charge in [-0.3, -0.25) is 0 Å². The van der Waals surface area contributed by atoms with Crippen LogP contribution < -0.4 is 10.0 Å². The van der Waals surface area contributed by atoms with Gasteiger partial charge in [-0.2, -0.15) is 11.8 Å². The van der Waals surface area contributed by atoms with Crippen molar-refractivity contribution in [1.82, 2.24) is 10.0 Å². The van der Waals surface area contributed by atoms with Crippen molar-refractivity contribution < 1.29 is 12.8 Å². The minimum Gasteiger partial charge on any atom is -0.316 e. The highest BCUT2D eigenvalue weighted by Crippen LogP contribution is 2.17. The third kappa shape index (κ3) is 5.05. The molecule has 0 aliphatic rings. The number of hydrogen-bond donors (Lipinski definition) is 2. The fraction of sp³-hybridized carbons (Fsp3) is 0.538. The van der Waals surface area contributed by atoms with Crippen molar-refractivity contribution in [2.45, 2.75) is 30.8 Å². The van der Waals surface area contributed by atoms with Gasteiger partial charge in [0.1, 0.15) is 10.7 Å². The number of benzene rings is 1. The van der Waals surface area contributed by atoms with Gasteiger partial charge in [-0.05, 0) is 50.1 Å². The highest BCUT2D eigenvalue weighted by Gasteiger charge is 2.21. The average Bonchev–Trinajstić information content (AvgIpc) is 2.38. The van der Waals surface area contributed by atoms with E-state index in [4.69, 9.17) is 0 Å². The SMILES string of the molecule is CNCc1ccc(F)c(S(=O)(=O)NC(C)CCSC)c1. The van der Waals surface area contributed by atoms with Gasteiger partial charge in [-0.25, -0.2) is 17.5 Å². The van der Waals surface area contributed by atoms with Crippen LogP contribution in [-0.2, 0) is 16.6 Å². The van der Waals surface area contributed by atoms with E-state index < -0.39 is 15.8 Å². The van der Waals surface area contributed by atoms with Crippen LogP contribution in [0.25, 0.3) is 0 Å². The molecule has 0 spiro atoms. The predicted octanol–water partition coefficient (Wildman–Crippen LogP) is 1.97. The van der Waals surface area contributed by atoms with Crippen molar-refractivity contribution in [1.29, 1.82) is 0 Å². The fourth-order valence-corrected chi connectivity index (χ4v) is 3.74. The molecule has 1 rings (SSSR count). The largest absolute Gasteiger partial charge is 0.316 e. The summed E-state index contributed by atoms with van der Waals surface area (Å²) in [5.74, 6) is 0.126. The van der Waals surface area contributed by atoms with Gasteiger partial charge in [0, 0.05) is 12.6 Å². The summed E-state index contributed by atoms with van der Waals surface area (Å²) in [5, 5.41) is 2.91. The van der Waals surface area contributed by atoms with E-state index >= 15 is 0 Å². The van der Waals surface area contributed by atoms with Crippen molar-refractivity contribution in [2.24, 2.45) is 0 Å². The molecule has 1 aromatic rings. The van der Waals surface area contributed by atoms with E-state index in [2.05, 4.69) is 10.0 Å². The first-order valence-corrected chi connectivity index (χ1v) is 9.22. The Morgan fingerprint density at radius 3 is 2.70 bits per heavy atom. The third-order valence-electron chi connectivity index (χ3n) is 2.78. The molecule has 0 amide bonds. The molecule has 20 heavy (non-hydrogen) atoms. The fourth-order valence-electron chi connectivity index (χ4n) is 1.75. The molecular formula is C13H21FN2O2S2. The summed E-state index contributed by atoms with van der Waals surface area (Å²) in [7, 11) is -2.07. The van der Waals surface area contributed by atoms with Crippen molar-refractivity contribution >= 4 is 21.8 Å². The summed E-state index contributed by atoms with van der Waals surface area (Å²) >= 11 is 1.65. The second-order valence-corrected chi connectivity index (χ2v) is 7.27. The quantitative estimate of drug-likeness (QED) is 0.769. The van der Waals surface area contributed by atoms with E-state index in [0.717, 1.165) is 11.3 Å². The van der Waals surface area contributed by atoms with Crippen LogP contribution in [0.4, 0.5) is 4.39 Å². The van der Waals surface area contributed by atoms with Crippen molar-refractivity contribution in [3.8, 4) is 0 Å². The number of hydrogen-bond acceptors (Lipinski definition) is 4. The molecule has 1 atom stereocenters. The van der Waals surface area contributed by atoms with Crippen molar-refractivity contribution in [2.75, 3.05) is 19.1 Å². The molecule has 0 saturated heterocycles. The number of rotatable bonds is 8. The summed E-state index contributed by atoms with van der Waals surface area (Å²) < 4.78 is 40.7. The van der Waals surface area contributed by atoms with Gasteiger partial charge in [-0.1, -0.05) is 6.07 Å². The van der Waals surface area contributed by atoms with E-state index in [-0.39, 0.29) is 10.9 Å². The number of nitrogens with one attached hydrogen (secondary N) is 2. The molecule has 7 heteroatoms. The third-order valence-corrected chi connectivity index (χ3v) is 5.03. The number of halogens is 1. The average molecular weight is 320 g/mol. The van der Waals surface area contributed by atoms with Crippen molar-refractivity contribution in [3.63, 3.8) is 0 Å². The van der Waals surface area contributed by atoms with E-state index in [1.54, 1.807) is 31.8 Å². The van der Waals surface area contributed by atoms with Gasteiger partial charge in [0.05, 0.1) is 0 Å². The molecule has 0 aromatic heterocycles. The van der Waals surface area contributed by atoms with Crippen LogP contribution in [0, 0.1) is 5.82 Å². The molecule has 0 aliphatic carbocycles. The molecule has 2 N–H and O–H groups in total. The minimum absolute atomic E-state index is 0.222. The Morgan fingerprint density at radius 1 is 1.40 bits per heavy atom. The molecule has 1 unspecified atom stereocenters. The van der Waals surface area contributed by atoms with Crippen LogP contribution in [0.1, 0.15) is 18.9 Å². The monoisotopic (exact) mass is 320 g/mol. The molecule has 1 aromatic carbocycles. The molecule has 0 fully saturated rings. The lowest BCUT2D eigenvalue weighted by Crippen LogP contribution is -2.33. The Hall–Kier alpha value is -0.630. The van der Waals surface area contributed by atoms with Gasteiger partial charge in [0.15, 0.2) is 0 Å². The summed E-state index contributed by atoms with van der Waals surface area (Å²) in [6.07, 6.45) is 2.67. The smallest absolute Gasteiger partial charge is 0.243 e. The first-order chi connectivity index (χ1) is 9.40. The van der Waals surface area contributed by atoms with Gasteiger partial charge < -0.3 is 5.32 Å². The molecular weight excluding hydrogens is 299 g/mol. The van der Waals surface area contributed by atoms with Crippen LogP contribution in [0.3, 0.4) is 0 Å². The molecule has 0 radical (unpaired) electrons. The number of sulfonamides is 1. The minimum atomic E-state index is -3.82. The summed E-state index contributed by atoms with van der Waals surface area (Å²) in [6, 6.07) is 3.91. The maximum atomic E-state index is 13.8. The Labute approximate surface area is 124 Å². The van der Waals surface area contributed by atoms with Crippen molar-refractivity contribution in [3.05, 3.63) is 29.6 Å². The topological polar surface area (TPSA) is 58.2 Å². The second kappa shape index (κ2) is 7.97. The Kier molecular flexibility index (Phi) is 6.94. The normalized spacial score (nSPS) is 13.4. The predicted molar refractivity (Wildman–Crippen MR) is 81.9 cm³/mol. The van der Waals surface area contributed by atoms with Crippen LogP contribution in [0.15, 0.2) is 23.1 Å². The summed E-state index contributed by atoms with van der Waals surface area (Å²) in [5.41, 5.74) is 0.728. The van der Waals surface area contributed by atoms with Crippen LogP contribution in [-0.4, -0.2) is 33.5 Å². The number of thioether (sulfide) groups is 1. The zero-order valence-corrected chi connectivity index (χ0v) is 13.6. The zero-order chi connectivity index (χ0) is 15.2.